The molecule has 0 saturated carbocycles. The topological polar surface area (TPSA) is 65.4 Å². The molecular weight excluding hydrogens is 242 g/mol. The van der Waals surface area contributed by atoms with Crippen LogP contribution in [0.5, 0.6) is 0 Å². The van der Waals surface area contributed by atoms with Gasteiger partial charge >= 0.3 is 0 Å². The van der Waals surface area contributed by atoms with E-state index in [1.807, 2.05) is 27.7 Å². The standard InChI is InChI=1S/C14H25N3O2/c1-10(2)14(5,9-15)16-13(18)12(4)17-6-7-19-11(3)8-17/h10-12H,6-8H2,1-5H3,(H,16,18)/t11-,12-,14-/m1/s1. The molecule has 1 N–H and O–H groups in total. The molecular formula is C14H25N3O2. The van der Waals surface area contributed by atoms with Crippen LogP contribution in [-0.4, -0.2) is 48.2 Å². The summed E-state index contributed by atoms with van der Waals surface area (Å²) in [6, 6.07) is 1.96. The number of amides is 1. The van der Waals surface area contributed by atoms with E-state index in [9.17, 15) is 10.1 Å². The minimum absolute atomic E-state index is 0.0669. The fourth-order valence-corrected chi connectivity index (χ4v) is 2.02. The fourth-order valence-electron chi connectivity index (χ4n) is 2.02. The third-order valence-corrected chi connectivity index (χ3v) is 3.97. The van der Waals surface area contributed by atoms with E-state index in [0.717, 1.165) is 13.1 Å². The van der Waals surface area contributed by atoms with Crippen LogP contribution >= 0.6 is 0 Å². The van der Waals surface area contributed by atoms with Crippen molar-refractivity contribution in [3.63, 3.8) is 0 Å². The minimum atomic E-state index is -0.816. The maximum absolute atomic E-state index is 12.3. The first-order valence-electron chi connectivity index (χ1n) is 6.89. The molecule has 1 rings (SSSR count). The Labute approximate surface area is 115 Å². The van der Waals surface area contributed by atoms with E-state index < -0.39 is 5.54 Å². The Bertz CT molecular complexity index is 364. The number of morpholine rings is 1. The largest absolute Gasteiger partial charge is 0.376 e. The van der Waals surface area contributed by atoms with Crippen LogP contribution in [0.25, 0.3) is 0 Å². The number of ether oxygens (including phenoxy) is 1. The van der Waals surface area contributed by atoms with Crippen molar-refractivity contribution >= 4 is 5.91 Å². The van der Waals surface area contributed by atoms with Crippen LogP contribution in [0.4, 0.5) is 0 Å². The summed E-state index contributed by atoms with van der Waals surface area (Å²) in [6.07, 6.45) is 0.149. The lowest BCUT2D eigenvalue weighted by Crippen LogP contribution is -2.57. The molecule has 1 heterocycles. The number of rotatable bonds is 4. The van der Waals surface area contributed by atoms with Crippen LogP contribution < -0.4 is 5.32 Å². The average Bonchev–Trinajstić information content (AvgIpc) is 2.37. The van der Waals surface area contributed by atoms with Crippen molar-refractivity contribution in [2.45, 2.75) is 52.3 Å². The van der Waals surface area contributed by atoms with E-state index in [-0.39, 0.29) is 24.0 Å². The van der Waals surface area contributed by atoms with Gasteiger partial charge in [0, 0.05) is 13.1 Å². The summed E-state index contributed by atoms with van der Waals surface area (Å²) in [5, 5.41) is 12.1. The molecule has 108 valence electrons. The van der Waals surface area contributed by atoms with Crippen molar-refractivity contribution in [1.82, 2.24) is 10.2 Å². The number of nitriles is 1. The predicted octanol–water partition coefficient (Wildman–Crippen LogP) is 1.15. The molecule has 0 aliphatic carbocycles. The van der Waals surface area contributed by atoms with Gasteiger partial charge in [0.2, 0.25) is 5.91 Å². The molecule has 0 aromatic carbocycles. The highest BCUT2D eigenvalue weighted by Gasteiger charge is 2.34. The molecule has 0 spiro atoms. The average molecular weight is 267 g/mol. The van der Waals surface area contributed by atoms with Crippen LogP contribution in [0, 0.1) is 17.2 Å². The second-order valence-corrected chi connectivity index (χ2v) is 5.81. The van der Waals surface area contributed by atoms with Crippen molar-refractivity contribution < 1.29 is 9.53 Å². The van der Waals surface area contributed by atoms with Gasteiger partial charge < -0.3 is 10.1 Å². The maximum Gasteiger partial charge on any atom is 0.238 e. The van der Waals surface area contributed by atoms with E-state index in [1.54, 1.807) is 6.92 Å². The lowest BCUT2D eigenvalue weighted by atomic mass is 9.89. The molecule has 19 heavy (non-hydrogen) atoms. The van der Waals surface area contributed by atoms with Crippen molar-refractivity contribution in [3.8, 4) is 6.07 Å². The number of hydrogen-bond donors (Lipinski definition) is 1. The number of nitrogens with one attached hydrogen (secondary N) is 1. The smallest absolute Gasteiger partial charge is 0.238 e. The molecule has 5 heteroatoms. The van der Waals surface area contributed by atoms with Crippen molar-refractivity contribution in [3.05, 3.63) is 0 Å². The molecule has 0 aromatic rings. The van der Waals surface area contributed by atoms with Gasteiger partial charge in [-0.2, -0.15) is 5.26 Å². The summed E-state index contributed by atoms with van der Waals surface area (Å²) < 4.78 is 5.47. The van der Waals surface area contributed by atoms with Crippen LogP contribution in [0.3, 0.4) is 0 Å². The third kappa shape index (κ3) is 3.92. The van der Waals surface area contributed by atoms with Gasteiger partial charge in [-0.3, -0.25) is 9.69 Å². The number of nitrogens with zero attached hydrogens (tertiary/aromatic N) is 2. The maximum atomic E-state index is 12.3. The zero-order chi connectivity index (χ0) is 14.6. The quantitative estimate of drug-likeness (QED) is 0.830. The highest BCUT2D eigenvalue weighted by atomic mass is 16.5. The summed E-state index contributed by atoms with van der Waals surface area (Å²) in [7, 11) is 0. The second kappa shape index (κ2) is 6.36. The van der Waals surface area contributed by atoms with Crippen molar-refractivity contribution in [2.24, 2.45) is 5.92 Å². The van der Waals surface area contributed by atoms with Gasteiger partial charge in [-0.05, 0) is 26.7 Å². The Hall–Kier alpha value is -1.12. The van der Waals surface area contributed by atoms with Gasteiger partial charge in [0.05, 0.1) is 24.8 Å². The zero-order valence-corrected chi connectivity index (χ0v) is 12.6. The highest BCUT2D eigenvalue weighted by molar-refractivity contribution is 5.82. The predicted molar refractivity (Wildman–Crippen MR) is 73.4 cm³/mol. The second-order valence-electron chi connectivity index (χ2n) is 5.81. The lowest BCUT2D eigenvalue weighted by molar-refractivity contribution is -0.130. The van der Waals surface area contributed by atoms with Gasteiger partial charge in [-0.25, -0.2) is 0 Å². The minimum Gasteiger partial charge on any atom is -0.376 e. The summed E-state index contributed by atoms with van der Waals surface area (Å²) in [5.41, 5.74) is -0.816. The zero-order valence-electron chi connectivity index (χ0n) is 12.6. The summed E-state index contributed by atoms with van der Waals surface area (Å²) in [6.45, 7) is 11.7. The Kier molecular flexibility index (Phi) is 5.33. The Morgan fingerprint density at radius 1 is 1.53 bits per heavy atom. The number of hydrogen-bond acceptors (Lipinski definition) is 4. The van der Waals surface area contributed by atoms with E-state index >= 15 is 0 Å². The third-order valence-electron chi connectivity index (χ3n) is 3.97. The molecule has 0 bridgehead atoms. The van der Waals surface area contributed by atoms with Crippen LogP contribution in [0.1, 0.15) is 34.6 Å². The van der Waals surface area contributed by atoms with E-state index in [1.165, 1.54) is 0 Å². The molecule has 0 unspecified atom stereocenters. The van der Waals surface area contributed by atoms with Gasteiger partial charge in [0.1, 0.15) is 5.54 Å². The first-order valence-corrected chi connectivity index (χ1v) is 6.89. The monoisotopic (exact) mass is 267 g/mol. The Morgan fingerprint density at radius 3 is 2.63 bits per heavy atom. The van der Waals surface area contributed by atoms with E-state index in [4.69, 9.17) is 4.74 Å². The van der Waals surface area contributed by atoms with Gasteiger partial charge in [0.25, 0.3) is 0 Å². The molecule has 3 atom stereocenters. The van der Waals surface area contributed by atoms with Crippen molar-refractivity contribution in [2.75, 3.05) is 19.7 Å². The van der Waals surface area contributed by atoms with Crippen LogP contribution in [0.2, 0.25) is 0 Å². The van der Waals surface area contributed by atoms with E-state index in [2.05, 4.69) is 16.3 Å². The molecule has 1 aliphatic rings. The van der Waals surface area contributed by atoms with Gasteiger partial charge in [0.15, 0.2) is 0 Å². The summed E-state index contributed by atoms with van der Waals surface area (Å²) in [5.74, 6) is -0.0240. The first-order chi connectivity index (χ1) is 8.80. The van der Waals surface area contributed by atoms with Crippen LogP contribution in [-0.2, 0) is 9.53 Å². The lowest BCUT2D eigenvalue weighted by Gasteiger charge is -2.36. The van der Waals surface area contributed by atoms with Crippen LogP contribution in [0.15, 0.2) is 0 Å². The molecule has 1 amide bonds. The van der Waals surface area contributed by atoms with Crippen molar-refractivity contribution in [1.29, 1.82) is 5.26 Å². The summed E-state index contributed by atoms with van der Waals surface area (Å²) in [4.78, 5) is 14.4. The highest BCUT2D eigenvalue weighted by Crippen LogP contribution is 2.16. The first kappa shape index (κ1) is 15.9. The molecule has 1 saturated heterocycles. The van der Waals surface area contributed by atoms with Gasteiger partial charge in [-0.1, -0.05) is 13.8 Å². The Balaban J connectivity index is 2.65. The van der Waals surface area contributed by atoms with E-state index in [0.29, 0.717) is 6.61 Å². The SMILES string of the molecule is CC(C)[C@@](C)(C#N)NC(=O)[C@@H](C)N1CCO[C@H](C)C1. The molecule has 1 fully saturated rings. The normalized spacial score (nSPS) is 25.4. The fraction of sp³-hybridized carbons (Fsp3) is 0.857. The molecule has 5 nitrogen and oxygen atoms in total. The molecule has 0 aromatic heterocycles. The Morgan fingerprint density at radius 2 is 2.16 bits per heavy atom. The van der Waals surface area contributed by atoms with Gasteiger partial charge in [-0.15, -0.1) is 0 Å². The molecule has 1 aliphatic heterocycles. The number of carbonyl (C=O) groups excluding carboxylic acids is 1. The molecule has 0 radical (unpaired) electrons. The summed E-state index contributed by atoms with van der Waals surface area (Å²) >= 11 is 0. The number of carbonyl (C=O) groups is 1.